The summed E-state index contributed by atoms with van der Waals surface area (Å²) in [6, 6.07) is 16.9. The third-order valence-corrected chi connectivity index (χ3v) is 5.12. The van der Waals surface area contributed by atoms with Crippen LogP contribution >= 0.6 is 0 Å². The Hall–Kier alpha value is -4.20. The largest absolute Gasteiger partial charge is 0.487 e. The highest BCUT2D eigenvalue weighted by atomic mass is 16.5. The second kappa shape index (κ2) is 9.12. The number of ether oxygens (including phenoxy) is 2. The summed E-state index contributed by atoms with van der Waals surface area (Å²) in [6.07, 6.45) is 3.22. The van der Waals surface area contributed by atoms with Crippen molar-refractivity contribution in [1.82, 2.24) is 15.0 Å². The fourth-order valence-corrected chi connectivity index (χ4v) is 3.24. The summed E-state index contributed by atoms with van der Waals surface area (Å²) < 4.78 is 11.9. The molecule has 0 spiro atoms. The average molecular weight is 444 g/mol. The van der Waals surface area contributed by atoms with Crippen LogP contribution < -0.4 is 20.5 Å². The van der Waals surface area contributed by atoms with Crippen molar-refractivity contribution in [2.45, 2.75) is 33.0 Å². The maximum absolute atomic E-state index is 11.8. The van der Waals surface area contributed by atoms with Gasteiger partial charge in [0.15, 0.2) is 5.60 Å². The van der Waals surface area contributed by atoms with Gasteiger partial charge >= 0.3 is 0 Å². The van der Waals surface area contributed by atoms with Gasteiger partial charge in [-0.2, -0.15) is 0 Å². The first-order valence-electron chi connectivity index (χ1n) is 10.5. The number of aromatic nitrogens is 3. The molecular weight excluding hydrogens is 418 g/mol. The maximum Gasteiger partial charge on any atom is 0.261 e. The van der Waals surface area contributed by atoms with Gasteiger partial charge in [-0.05, 0) is 68.8 Å². The Kier molecular flexibility index (Phi) is 6.08. The number of pyridine rings is 1. The topological polar surface area (TPSA) is 112 Å². The lowest BCUT2D eigenvalue weighted by Gasteiger charge is -2.24. The van der Waals surface area contributed by atoms with Crippen LogP contribution in [-0.4, -0.2) is 26.5 Å². The van der Waals surface area contributed by atoms with E-state index in [9.17, 15) is 4.79 Å². The molecule has 0 bridgehead atoms. The van der Waals surface area contributed by atoms with E-state index in [4.69, 9.17) is 15.2 Å². The summed E-state index contributed by atoms with van der Waals surface area (Å²) in [5.41, 5.74) is 7.62. The molecule has 0 unspecified atom stereocenters. The Morgan fingerprint density at radius 2 is 1.88 bits per heavy atom. The Morgan fingerprint density at radius 3 is 2.61 bits per heavy atom. The third kappa shape index (κ3) is 5.01. The third-order valence-electron chi connectivity index (χ3n) is 5.12. The van der Waals surface area contributed by atoms with Gasteiger partial charge in [0.2, 0.25) is 0 Å². The van der Waals surface area contributed by atoms with Crippen LogP contribution in [0.25, 0.3) is 10.9 Å². The van der Waals surface area contributed by atoms with Gasteiger partial charge in [0.25, 0.3) is 5.91 Å². The van der Waals surface area contributed by atoms with E-state index in [1.54, 1.807) is 26.1 Å². The van der Waals surface area contributed by atoms with Crippen LogP contribution in [0, 0.1) is 6.92 Å². The number of hydrogen-bond acceptors (Lipinski definition) is 7. The molecule has 0 saturated carbocycles. The molecule has 8 heteroatoms. The zero-order valence-corrected chi connectivity index (χ0v) is 18.7. The summed E-state index contributed by atoms with van der Waals surface area (Å²) in [6.45, 7) is 5.61. The molecule has 0 aliphatic rings. The van der Waals surface area contributed by atoms with Gasteiger partial charge in [0.1, 0.15) is 30.3 Å². The van der Waals surface area contributed by atoms with Crippen molar-refractivity contribution in [3.8, 4) is 11.5 Å². The first-order chi connectivity index (χ1) is 15.8. The highest BCUT2D eigenvalue weighted by molar-refractivity contribution is 5.96. The SMILES string of the molecule is Cc1cc(Nc2ncnc3cccc(OC(C)(C)C(N)=O)c23)ccc1OCc1ccccn1. The number of aryl methyl sites for hydroxylation is 1. The van der Waals surface area contributed by atoms with Crippen molar-refractivity contribution in [3.63, 3.8) is 0 Å². The number of rotatable bonds is 8. The molecule has 4 aromatic rings. The molecule has 0 atom stereocenters. The number of carbonyl (C=O) groups excluding carboxylic acids is 1. The minimum atomic E-state index is -1.19. The van der Waals surface area contributed by atoms with E-state index in [0.717, 1.165) is 22.7 Å². The normalized spacial score (nSPS) is 11.2. The molecule has 168 valence electrons. The zero-order chi connectivity index (χ0) is 23.4. The first-order valence-corrected chi connectivity index (χ1v) is 10.5. The van der Waals surface area contributed by atoms with E-state index in [1.165, 1.54) is 6.33 Å². The molecule has 33 heavy (non-hydrogen) atoms. The first kappa shape index (κ1) is 22.0. The molecule has 0 aliphatic heterocycles. The smallest absolute Gasteiger partial charge is 0.261 e. The van der Waals surface area contributed by atoms with Gasteiger partial charge in [-0.1, -0.05) is 12.1 Å². The second-order valence-electron chi connectivity index (χ2n) is 8.06. The van der Waals surface area contributed by atoms with Crippen LogP contribution in [0.4, 0.5) is 11.5 Å². The van der Waals surface area contributed by atoms with Crippen LogP contribution in [0.5, 0.6) is 11.5 Å². The van der Waals surface area contributed by atoms with Gasteiger partial charge in [-0.3, -0.25) is 9.78 Å². The van der Waals surface area contributed by atoms with Crippen LogP contribution in [0.3, 0.4) is 0 Å². The molecular formula is C25H25N5O3. The molecule has 2 heterocycles. The molecule has 0 fully saturated rings. The number of benzene rings is 2. The maximum atomic E-state index is 11.8. The van der Waals surface area contributed by atoms with Crippen LogP contribution in [0.1, 0.15) is 25.1 Å². The van der Waals surface area contributed by atoms with Crippen molar-refractivity contribution in [1.29, 1.82) is 0 Å². The molecule has 2 aromatic carbocycles. The lowest BCUT2D eigenvalue weighted by Crippen LogP contribution is -2.43. The fraction of sp³-hybridized carbons (Fsp3) is 0.200. The number of primary amides is 1. The van der Waals surface area contributed by atoms with E-state index in [2.05, 4.69) is 20.3 Å². The van der Waals surface area contributed by atoms with Crippen LogP contribution in [0.2, 0.25) is 0 Å². The molecule has 2 aromatic heterocycles. The summed E-state index contributed by atoms with van der Waals surface area (Å²) in [7, 11) is 0. The average Bonchev–Trinajstić information content (AvgIpc) is 2.79. The number of nitrogens with two attached hydrogens (primary N) is 1. The Labute approximate surface area is 191 Å². The Balaban J connectivity index is 1.60. The summed E-state index contributed by atoms with van der Waals surface area (Å²) in [5.74, 6) is 1.22. The van der Waals surface area contributed by atoms with Gasteiger partial charge in [-0.15, -0.1) is 0 Å². The molecule has 0 saturated heterocycles. The van der Waals surface area contributed by atoms with Gasteiger partial charge in [0.05, 0.1) is 16.6 Å². The van der Waals surface area contributed by atoms with Crippen molar-refractivity contribution in [3.05, 3.63) is 78.4 Å². The van der Waals surface area contributed by atoms with E-state index in [1.807, 2.05) is 55.5 Å². The predicted molar refractivity (Wildman–Crippen MR) is 126 cm³/mol. The predicted octanol–water partition coefficient (Wildman–Crippen LogP) is 4.30. The quantitative estimate of drug-likeness (QED) is 0.417. The van der Waals surface area contributed by atoms with E-state index >= 15 is 0 Å². The Morgan fingerprint density at radius 1 is 1.03 bits per heavy atom. The number of fused-ring (bicyclic) bond motifs is 1. The zero-order valence-electron chi connectivity index (χ0n) is 18.7. The number of nitrogens with one attached hydrogen (secondary N) is 1. The number of nitrogens with zero attached hydrogens (tertiary/aromatic N) is 3. The second-order valence-corrected chi connectivity index (χ2v) is 8.06. The van der Waals surface area contributed by atoms with Gasteiger partial charge < -0.3 is 20.5 Å². The monoisotopic (exact) mass is 443 g/mol. The lowest BCUT2D eigenvalue weighted by molar-refractivity contribution is -0.130. The molecule has 3 N–H and O–H groups in total. The van der Waals surface area contributed by atoms with Crippen molar-refractivity contribution < 1.29 is 14.3 Å². The lowest BCUT2D eigenvalue weighted by atomic mass is 10.1. The number of amides is 1. The summed E-state index contributed by atoms with van der Waals surface area (Å²) >= 11 is 0. The van der Waals surface area contributed by atoms with Crippen LogP contribution in [-0.2, 0) is 11.4 Å². The minimum absolute atomic E-state index is 0.390. The molecule has 0 aliphatic carbocycles. The highest BCUT2D eigenvalue weighted by Crippen LogP contribution is 2.34. The molecule has 4 rings (SSSR count). The fourth-order valence-electron chi connectivity index (χ4n) is 3.24. The Bertz CT molecular complexity index is 1290. The van der Waals surface area contributed by atoms with Gasteiger partial charge in [-0.25, -0.2) is 9.97 Å². The van der Waals surface area contributed by atoms with Crippen molar-refractivity contribution in [2.75, 3.05) is 5.32 Å². The molecule has 0 radical (unpaired) electrons. The molecule has 8 nitrogen and oxygen atoms in total. The highest BCUT2D eigenvalue weighted by Gasteiger charge is 2.28. The number of anilines is 2. The number of carbonyl (C=O) groups is 1. The van der Waals surface area contributed by atoms with E-state index in [-0.39, 0.29) is 0 Å². The minimum Gasteiger partial charge on any atom is -0.487 e. The van der Waals surface area contributed by atoms with Gasteiger partial charge in [0, 0.05) is 11.9 Å². The number of hydrogen-bond donors (Lipinski definition) is 2. The summed E-state index contributed by atoms with van der Waals surface area (Å²) in [5, 5.41) is 3.98. The van der Waals surface area contributed by atoms with E-state index in [0.29, 0.717) is 29.1 Å². The molecule has 1 amide bonds. The van der Waals surface area contributed by atoms with Crippen molar-refractivity contribution in [2.24, 2.45) is 5.73 Å². The standard InChI is InChI=1S/C25H25N5O3/c1-16-13-17(10-11-20(16)32-14-18-7-4-5-12-27-18)30-23-22-19(28-15-29-23)8-6-9-21(22)33-25(2,3)24(26)31/h4-13,15H,14H2,1-3H3,(H2,26,31)(H,28,29,30). The van der Waals surface area contributed by atoms with Crippen molar-refractivity contribution >= 4 is 28.3 Å². The van der Waals surface area contributed by atoms with E-state index < -0.39 is 11.5 Å². The summed E-state index contributed by atoms with van der Waals surface area (Å²) in [4.78, 5) is 24.8. The van der Waals surface area contributed by atoms with Crippen LogP contribution in [0.15, 0.2) is 67.1 Å².